The number of hydrogen-bond donors (Lipinski definition) is 1. The van der Waals surface area contributed by atoms with Gasteiger partial charge in [0.2, 0.25) is 0 Å². The Kier molecular flexibility index (Phi) is 5.73. The second-order valence-corrected chi connectivity index (χ2v) is 10.6. The van der Waals surface area contributed by atoms with Crippen LogP contribution in [-0.2, 0) is 16.0 Å². The van der Waals surface area contributed by atoms with Crippen LogP contribution >= 0.6 is 0 Å². The average Bonchev–Trinajstić information content (AvgIpc) is 3.11. The third-order valence-electron chi connectivity index (χ3n) is 9.31. The molecule has 6 nitrogen and oxygen atoms in total. The fourth-order valence-corrected chi connectivity index (χ4v) is 6.97. The van der Waals surface area contributed by atoms with E-state index in [1.165, 1.54) is 16.7 Å². The minimum atomic E-state index is -0.564. The van der Waals surface area contributed by atoms with E-state index in [0.717, 1.165) is 43.7 Å². The number of benzene rings is 1. The zero-order valence-corrected chi connectivity index (χ0v) is 20.5. The first-order valence-corrected chi connectivity index (χ1v) is 12.4. The van der Waals surface area contributed by atoms with Crippen molar-refractivity contribution in [2.45, 2.75) is 64.7 Å². The van der Waals surface area contributed by atoms with Gasteiger partial charge in [0.1, 0.15) is 6.10 Å². The van der Waals surface area contributed by atoms with Crippen LogP contribution in [-0.4, -0.2) is 55.5 Å². The topological polar surface area (TPSA) is 68.2 Å². The van der Waals surface area contributed by atoms with Crippen LogP contribution in [0.1, 0.15) is 57.2 Å². The summed E-state index contributed by atoms with van der Waals surface area (Å²) in [5.41, 5.74) is 3.49. The van der Waals surface area contributed by atoms with E-state index in [1.54, 1.807) is 14.2 Å². The van der Waals surface area contributed by atoms with Crippen molar-refractivity contribution in [2.24, 2.45) is 23.2 Å². The van der Waals surface area contributed by atoms with Gasteiger partial charge in [0, 0.05) is 36.9 Å². The van der Waals surface area contributed by atoms with Crippen LogP contribution in [0.15, 0.2) is 23.8 Å². The molecule has 2 aliphatic carbocycles. The molecule has 0 aromatic heterocycles. The van der Waals surface area contributed by atoms with E-state index in [4.69, 9.17) is 14.2 Å². The summed E-state index contributed by atoms with van der Waals surface area (Å²) in [6.45, 7) is 8.09. The molecule has 4 aliphatic rings. The number of fused-ring (bicyclic) bond motifs is 3. The van der Waals surface area contributed by atoms with Crippen LogP contribution in [0.4, 0.5) is 0 Å². The molecule has 1 saturated heterocycles. The van der Waals surface area contributed by atoms with Gasteiger partial charge in [0.25, 0.3) is 0 Å². The summed E-state index contributed by atoms with van der Waals surface area (Å²) < 4.78 is 16.9. The molecule has 1 N–H and O–H groups in total. The third-order valence-corrected chi connectivity index (χ3v) is 9.31. The van der Waals surface area contributed by atoms with Gasteiger partial charge in [-0.3, -0.25) is 9.69 Å². The first-order chi connectivity index (χ1) is 15.8. The zero-order chi connectivity index (χ0) is 23.5. The number of carbonyl (C=O) groups is 1. The molecule has 0 bridgehead atoms. The lowest BCUT2D eigenvalue weighted by Crippen LogP contribution is -2.55. The first kappa shape index (κ1) is 22.7. The molecule has 2 aliphatic heterocycles. The normalized spacial score (nSPS) is 38.0. The van der Waals surface area contributed by atoms with Gasteiger partial charge in [-0.25, -0.2) is 0 Å². The highest BCUT2D eigenvalue weighted by Crippen LogP contribution is 2.56. The molecule has 5 rings (SSSR count). The monoisotopic (exact) mass is 455 g/mol. The van der Waals surface area contributed by atoms with Crippen molar-refractivity contribution in [3.63, 3.8) is 0 Å². The van der Waals surface area contributed by atoms with Gasteiger partial charge in [-0.15, -0.1) is 0 Å². The summed E-state index contributed by atoms with van der Waals surface area (Å²) in [4.78, 5) is 15.4. The Bertz CT molecular complexity index is 974. The molecule has 0 radical (unpaired) electrons. The van der Waals surface area contributed by atoms with E-state index in [2.05, 4.69) is 43.9 Å². The lowest BCUT2D eigenvalue weighted by Gasteiger charge is -2.52. The fraction of sp³-hybridized carbons (Fsp3) is 0.667. The Morgan fingerprint density at radius 3 is 2.67 bits per heavy atom. The second kappa shape index (κ2) is 8.31. The van der Waals surface area contributed by atoms with Crippen molar-refractivity contribution < 1.29 is 24.1 Å². The number of aliphatic hydroxyl groups excluding tert-OH is 1. The summed E-state index contributed by atoms with van der Waals surface area (Å²) in [5, 5.41) is 11.6. The van der Waals surface area contributed by atoms with Crippen molar-refractivity contribution in [3.05, 3.63) is 34.9 Å². The minimum absolute atomic E-state index is 0.140. The summed E-state index contributed by atoms with van der Waals surface area (Å²) in [5.74, 6) is 1.27. The summed E-state index contributed by atoms with van der Waals surface area (Å²) in [7, 11) is 3.32. The number of rotatable bonds is 4. The fourth-order valence-electron chi connectivity index (χ4n) is 6.97. The van der Waals surface area contributed by atoms with Gasteiger partial charge in [-0.1, -0.05) is 25.5 Å². The molecule has 6 heteroatoms. The van der Waals surface area contributed by atoms with E-state index in [0.29, 0.717) is 12.5 Å². The van der Waals surface area contributed by atoms with Crippen LogP contribution in [0.2, 0.25) is 0 Å². The maximum Gasteiger partial charge on any atom is 0.311 e. The maximum atomic E-state index is 13.1. The van der Waals surface area contributed by atoms with Crippen molar-refractivity contribution in [2.75, 3.05) is 27.3 Å². The molecule has 1 aromatic rings. The molecular weight excluding hydrogens is 418 g/mol. The predicted molar refractivity (Wildman–Crippen MR) is 125 cm³/mol. The molecule has 2 heterocycles. The highest BCUT2D eigenvalue weighted by atomic mass is 16.6. The molecule has 0 amide bonds. The van der Waals surface area contributed by atoms with E-state index < -0.39 is 6.10 Å². The van der Waals surface area contributed by atoms with E-state index in [1.807, 2.05) is 0 Å². The van der Waals surface area contributed by atoms with Gasteiger partial charge < -0.3 is 19.3 Å². The van der Waals surface area contributed by atoms with Crippen LogP contribution in [0.5, 0.6) is 11.5 Å². The number of aliphatic hydroxyl groups is 1. The quantitative estimate of drug-likeness (QED) is 0.549. The van der Waals surface area contributed by atoms with Gasteiger partial charge in [0.05, 0.1) is 26.2 Å². The zero-order valence-electron chi connectivity index (χ0n) is 20.5. The number of hydrogen-bond acceptors (Lipinski definition) is 6. The van der Waals surface area contributed by atoms with Crippen molar-refractivity contribution in [3.8, 4) is 11.5 Å². The van der Waals surface area contributed by atoms with Gasteiger partial charge >= 0.3 is 5.97 Å². The SMILES string of the molecule is COc1cc2c(cc1OC)[C@H](C)N(CC1C(=O)O[C@@H]3CC4=CCCC(C)[C@@]4(C)C(O)[C@H]13)CC2. The standard InChI is InChI=1S/C27H37NO5/c1-15-7-6-8-18-12-23-24(25(29)27(15,18)3)20(26(30)33-23)14-28-10-9-17-11-21(31-4)22(32-5)13-19(17)16(28)2/h8,11,13,15-16,20,23-25,29H,6-7,9-10,12,14H2,1-5H3/t15?,16-,20?,23+,24+,25?,27+/m0/s1. The summed E-state index contributed by atoms with van der Waals surface area (Å²) >= 11 is 0. The Labute approximate surface area is 196 Å². The van der Waals surface area contributed by atoms with Gasteiger partial charge in [0.15, 0.2) is 11.5 Å². The Balaban J connectivity index is 1.40. The first-order valence-electron chi connectivity index (χ1n) is 12.4. The Morgan fingerprint density at radius 1 is 1.21 bits per heavy atom. The molecule has 1 aromatic carbocycles. The molecule has 33 heavy (non-hydrogen) atoms. The van der Waals surface area contributed by atoms with Crippen LogP contribution in [0.3, 0.4) is 0 Å². The lowest BCUT2D eigenvalue weighted by atomic mass is 9.55. The predicted octanol–water partition coefficient (Wildman–Crippen LogP) is 3.91. The molecule has 1 saturated carbocycles. The van der Waals surface area contributed by atoms with Crippen molar-refractivity contribution >= 4 is 5.97 Å². The maximum absolute atomic E-state index is 13.1. The number of esters is 1. The van der Waals surface area contributed by atoms with Crippen LogP contribution < -0.4 is 9.47 Å². The summed E-state index contributed by atoms with van der Waals surface area (Å²) in [6, 6.07) is 4.28. The molecule has 3 unspecified atom stereocenters. The van der Waals surface area contributed by atoms with E-state index in [9.17, 15) is 9.90 Å². The van der Waals surface area contributed by atoms with E-state index in [-0.39, 0.29) is 35.4 Å². The Morgan fingerprint density at radius 2 is 1.94 bits per heavy atom. The third kappa shape index (κ3) is 3.40. The highest BCUT2D eigenvalue weighted by Gasteiger charge is 2.60. The molecule has 0 spiro atoms. The van der Waals surface area contributed by atoms with Crippen LogP contribution in [0, 0.1) is 23.2 Å². The molecule has 7 atom stereocenters. The van der Waals surface area contributed by atoms with Crippen LogP contribution in [0.25, 0.3) is 0 Å². The summed E-state index contributed by atoms with van der Waals surface area (Å²) in [6.07, 6.45) is 5.29. The number of nitrogens with zero attached hydrogens (tertiary/aromatic N) is 1. The van der Waals surface area contributed by atoms with Gasteiger partial charge in [-0.2, -0.15) is 0 Å². The number of ether oxygens (including phenoxy) is 3. The number of allylic oxidation sites excluding steroid dienone is 1. The van der Waals surface area contributed by atoms with E-state index >= 15 is 0 Å². The number of methoxy groups -OCH3 is 2. The second-order valence-electron chi connectivity index (χ2n) is 10.6. The molecule has 180 valence electrons. The van der Waals surface area contributed by atoms with Gasteiger partial charge in [-0.05, 0) is 55.4 Å². The number of carbonyl (C=O) groups excluding carboxylic acids is 1. The largest absolute Gasteiger partial charge is 0.493 e. The highest BCUT2D eigenvalue weighted by molar-refractivity contribution is 5.76. The minimum Gasteiger partial charge on any atom is -0.493 e. The molecular formula is C27H37NO5. The van der Waals surface area contributed by atoms with Crippen molar-refractivity contribution in [1.82, 2.24) is 4.90 Å². The average molecular weight is 456 g/mol. The smallest absolute Gasteiger partial charge is 0.311 e. The van der Waals surface area contributed by atoms with Crippen molar-refractivity contribution in [1.29, 1.82) is 0 Å². The molecule has 2 fully saturated rings. The lowest BCUT2D eigenvalue weighted by molar-refractivity contribution is -0.145. The Hall–Kier alpha value is -2.05.